The van der Waals surface area contributed by atoms with Crippen molar-refractivity contribution >= 4 is 29.2 Å². The van der Waals surface area contributed by atoms with Crippen molar-refractivity contribution in [2.75, 3.05) is 16.8 Å². The fourth-order valence-electron chi connectivity index (χ4n) is 7.64. The summed E-state index contributed by atoms with van der Waals surface area (Å²) in [6.07, 6.45) is 9.97. The Morgan fingerprint density at radius 3 is 2.43 bits per heavy atom. The molecule has 6 nitrogen and oxygen atoms in total. The number of hydrogen-bond donors (Lipinski definition) is 1. The molecular weight excluding hydrogens is 378 g/mol. The molecule has 4 amide bonds. The van der Waals surface area contributed by atoms with Crippen LogP contribution in [0.25, 0.3) is 0 Å². The lowest BCUT2D eigenvalue weighted by atomic mass is 9.49. The van der Waals surface area contributed by atoms with Gasteiger partial charge in [-0.3, -0.25) is 9.59 Å². The third-order valence-electron chi connectivity index (χ3n) is 8.28. The second-order valence-electron chi connectivity index (χ2n) is 10.5. The van der Waals surface area contributed by atoms with Crippen molar-refractivity contribution in [3.8, 4) is 0 Å². The summed E-state index contributed by atoms with van der Waals surface area (Å²) >= 11 is 0. The molecule has 2 aliphatic heterocycles. The van der Waals surface area contributed by atoms with Gasteiger partial charge in [0.15, 0.2) is 0 Å². The van der Waals surface area contributed by atoms with Crippen LogP contribution in [0.3, 0.4) is 0 Å². The minimum Gasteiger partial charge on any atom is -0.326 e. The quantitative estimate of drug-likeness (QED) is 0.762. The molecule has 0 radical (unpaired) electrons. The first-order valence-corrected chi connectivity index (χ1v) is 11.5. The van der Waals surface area contributed by atoms with E-state index in [-0.39, 0.29) is 29.3 Å². The van der Waals surface area contributed by atoms with E-state index in [2.05, 4.69) is 5.32 Å². The average Bonchev–Trinajstić information content (AvgIpc) is 3.24. The Labute approximate surface area is 177 Å². The first kappa shape index (κ1) is 18.4. The summed E-state index contributed by atoms with van der Waals surface area (Å²) < 4.78 is 0. The number of imide groups is 1. The molecule has 1 atom stereocenters. The SMILES string of the molecule is O=C(CC12CC3CC(CC(C3)C1)C2)Nc1cccc(N2C(=O)[C@H]3CCCN3C2=O)c1. The molecule has 6 aliphatic rings. The first-order valence-electron chi connectivity index (χ1n) is 11.5. The molecule has 30 heavy (non-hydrogen) atoms. The molecule has 1 aromatic carbocycles. The Morgan fingerprint density at radius 2 is 1.77 bits per heavy atom. The molecule has 0 aromatic heterocycles. The van der Waals surface area contributed by atoms with Crippen LogP contribution in [0.15, 0.2) is 24.3 Å². The number of hydrogen-bond acceptors (Lipinski definition) is 3. The Kier molecular flexibility index (Phi) is 4.03. The van der Waals surface area contributed by atoms with Crippen molar-refractivity contribution in [3.05, 3.63) is 24.3 Å². The van der Waals surface area contributed by atoms with E-state index in [1.807, 2.05) is 6.07 Å². The maximum atomic E-state index is 13.0. The van der Waals surface area contributed by atoms with Crippen molar-refractivity contribution in [1.29, 1.82) is 0 Å². The standard InChI is InChI=1S/C24H29N3O3/c28-21(14-24-11-15-7-16(12-24)9-17(8-15)13-24)25-18-3-1-4-19(10-18)27-22(29)20-5-2-6-26(20)23(27)30/h1,3-4,10,15-17,20H,2,5-9,11-14H2,(H,25,28)/t15?,16?,17?,20-,24?/m1/s1. The normalized spacial score (nSPS) is 36.5. The lowest BCUT2D eigenvalue weighted by Gasteiger charge is -2.56. The first-order chi connectivity index (χ1) is 14.5. The van der Waals surface area contributed by atoms with Gasteiger partial charge < -0.3 is 10.2 Å². The van der Waals surface area contributed by atoms with E-state index in [0.29, 0.717) is 24.3 Å². The molecule has 6 heteroatoms. The highest BCUT2D eigenvalue weighted by atomic mass is 16.2. The van der Waals surface area contributed by atoms with Crippen LogP contribution in [0, 0.1) is 23.2 Å². The molecule has 7 rings (SSSR count). The predicted molar refractivity (Wildman–Crippen MR) is 113 cm³/mol. The van der Waals surface area contributed by atoms with Gasteiger partial charge >= 0.3 is 6.03 Å². The van der Waals surface area contributed by atoms with E-state index < -0.39 is 0 Å². The van der Waals surface area contributed by atoms with Crippen molar-refractivity contribution < 1.29 is 14.4 Å². The van der Waals surface area contributed by atoms with E-state index >= 15 is 0 Å². The van der Waals surface area contributed by atoms with Gasteiger partial charge in [-0.05, 0) is 92.7 Å². The van der Waals surface area contributed by atoms with E-state index in [0.717, 1.165) is 30.6 Å². The van der Waals surface area contributed by atoms with Crippen molar-refractivity contribution in [2.45, 2.75) is 63.8 Å². The molecule has 6 fully saturated rings. The molecular formula is C24H29N3O3. The Balaban J connectivity index is 1.16. The van der Waals surface area contributed by atoms with Crippen molar-refractivity contribution in [3.63, 3.8) is 0 Å². The summed E-state index contributed by atoms with van der Waals surface area (Å²) in [4.78, 5) is 41.3. The number of nitrogens with one attached hydrogen (secondary N) is 1. The number of fused-ring (bicyclic) bond motifs is 1. The van der Waals surface area contributed by atoms with Crippen LogP contribution in [-0.4, -0.2) is 35.3 Å². The minimum atomic E-state index is -0.313. The predicted octanol–water partition coefficient (Wildman–Crippen LogP) is 4.16. The summed E-state index contributed by atoms with van der Waals surface area (Å²) in [6, 6.07) is 6.63. The van der Waals surface area contributed by atoms with Gasteiger partial charge in [0.25, 0.3) is 5.91 Å². The van der Waals surface area contributed by atoms with Crippen LogP contribution >= 0.6 is 0 Å². The minimum absolute atomic E-state index is 0.0637. The number of rotatable bonds is 4. The lowest BCUT2D eigenvalue weighted by molar-refractivity contribution is -0.124. The highest BCUT2D eigenvalue weighted by molar-refractivity contribution is 6.21. The number of carbonyl (C=O) groups is 3. The number of benzene rings is 1. The summed E-state index contributed by atoms with van der Waals surface area (Å²) in [5, 5.41) is 3.06. The van der Waals surface area contributed by atoms with Crippen LogP contribution < -0.4 is 10.2 Å². The van der Waals surface area contributed by atoms with E-state index in [1.165, 1.54) is 43.4 Å². The van der Waals surface area contributed by atoms with Crippen LogP contribution in [0.4, 0.5) is 16.2 Å². The van der Waals surface area contributed by atoms with Crippen molar-refractivity contribution in [2.24, 2.45) is 23.2 Å². The highest BCUT2D eigenvalue weighted by Gasteiger charge is 2.51. The number of carbonyl (C=O) groups excluding carboxylic acids is 3. The molecule has 1 N–H and O–H groups in total. The zero-order valence-corrected chi connectivity index (χ0v) is 17.3. The second-order valence-corrected chi connectivity index (χ2v) is 10.5. The van der Waals surface area contributed by atoms with Gasteiger partial charge in [-0.2, -0.15) is 0 Å². The van der Waals surface area contributed by atoms with Gasteiger partial charge in [-0.25, -0.2) is 9.69 Å². The zero-order chi connectivity index (χ0) is 20.5. The molecule has 0 unspecified atom stereocenters. The van der Waals surface area contributed by atoms with Gasteiger partial charge in [-0.1, -0.05) is 6.07 Å². The van der Waals surface area contributed by atoms with Crippen LogP contribution in [-0.2, 0) is 9.59 Å². The largest absolute Gasteiger partial charge is 0.332 e. The number of nitrogens with zero attached hydrogens (tertiary/aromatic N) is 2. The maximum Gasteiger partial charge on any atom is 0.332 e. The second kappa shape index (κ2) is 6.56. The topological polar surface area (TPSA) is 69.7 Å². The molecule has 2 saturated heterocycles. The summed E-state index contributed by atoms with van der Waals surface area (Å²) in [5.41, 5.74) is 1.41. The number of amides is 4. The molecule has 4 aliphatic carbocycles. The smallest absolute Gasteiger partial charge is 0.326 e. The Hall–Kier alpha value is -2.37. The van der Waals surface area contributed by atoms with Gasteiger partial charge in [0.2, 0.25) is 5.91 Å². The van der Waals surface area contributed by atoms with Crippen molar-refractivity contribution in [1.82, 2.24) is 4.90 Å². The Bertz CT molecular complexity index is 869. The van der Waals surface area contributed by atoms with E-state index in [4.69, 9.17) is 0 Å². The lowest BCUT2D eigenvalue weighted by Crippen LogP contribution is -2.47. The highest BCUT2D eigenvalue weighted by Crippen LogP contribution is 2.61. The summed E-state index contributed by atoms with van der Waals surface area (Å²) in [5.74, 6) is 2.40. The number of urea groups is 1. The molecule has 1 aromatic rings. The summed E-state index contributed by atoms with van der Waals surface area (Å²) in [7, 11) is 0. The number of anilines is 2. The Morgan fingerprint density at radius 1 is 1.07 bits per heavy atom. The fraction of sp³-hybridized carbons (Fsp3) is 0.625. The van der Waals surface area contributed by atoms with Crippen LogP contribution in [0.5, 0.6) is 0 Å². The molecule has 2 heterocycles. The fourth-order valence-corrected chi connectivity index (χ4v) is 7.64. The van der Waals surface area contributed by atoms with Gasteiger partial charge in [0, 0.05) is 18.7 Å². The molecule has 158 valence electrons. The van der Waals surface area contributed by atoms with E-state index in [1.54, 1.807) is 23.1 Å². The average molecular weight is 408 g/mol. The zero-order valence-electron chi connectivity index (χ0n) is 17.3. The van der Waals surface area contributed by atoms with Gasteiger partial charge in [0.1, 0.15) is 6.04 Å². The monoisotopic (exact) mass is 407 g/mol. The van der Waals surface area contributed by atoms with E-state index in [9.17, 15) is 14.4 Å². The van der Waals surface area contributed by atoms with Crippen LogP contribution in [0.2, 0.25) is 0 Å². The molecule has 0 spiro atoms. The maximum absolute atomic E-state index is 13.0. The molecule has 4 saturated carbocycles. The van der Waals surface area contributed by atoms with Crippen LogP contribution in [0.1, 0.15) is 57.8 Å². The molecule has 4 bridgehead atoms. The van der Waals surface area contributed by atoms with Gasteiger partial charge in [-0.15, -0.1) is 0 Å². The third kappa shape index (κ3) is 2.87. The third-order valence-corrected chi connectivity index (χ3v) is 8.28. The van der Waals surface area contributed by atoms with Gasteiger partial charge in [0.05, 0.1) is 5.69 Å². The summed E-state index contributed by atoms with van der Waals surface area (Å²) in [6.45, 7) is 0.646.